The van der Waals surface area contributed by atoms with Crippen LogP contribution in [0.5, 0.6) is 5.75 Å². The highest BCUT2D eigenvalue weighted by Crippen LogP contribution is 2.26. The summed E-state index contributed by atoms with van der Waals surface area (Å²) in [4.78, 5) is 4.24. The van der Waals surface area contributed by atoms with Crippen LogP contribution in [0.2, 0.25) is 0 Å². The molecule has 0 aliphatic rings. The van der Waals surface area contributed by atoms with E-state index in [0.29, 0.717) is 6.61 Å². The fourth-order valence-corrected chi connectivity index (χ4v) is 2.02. The molecule has 3 N–H and O–H groups in total. The average Bonchev–Trinajstić information content (AvgIpc) is 2.42. The Morgan fingerprint density at radius 2 is 1.95 bits per heavy atom. The van der Waals surface area contributed by atoms with Gasteiger partial charge in [0.2, 0.25) is 0 Å². The lowest BCUT2D eigenvalue weighted by Crippen LogP contribution is -2.08. The molecule has 0 aliphatic carbocycles. The SMILES string of the molecule is Cc1cc(OCc2cc(NN)ccn2)cc(C)c1Br. The summed E-state index contributed by atoms with van der Waals surface area (Å²) < 4.78 is 6.87. The number of anilines is 1. The first-order valence-corrected chi connectivity index (χ1v) is 6.70. The average molecular weight is 322 g/mol. The number of aromatic nitrogens is 1. The second-order valence-electron chi connectivity index (χ2n) is 4.34. The highest BCUT2D eigenvalue weighted by molar-refractivity contribution is 9.10. The second-order valence-corrected chi connectivity index (χ2v) is 5.13. The topological polar surface area (TPSA) is 60.2 Å². The Kier molecular flexibility index (Phi) is 4.39. The van der Waals surface area contributed by atoms with E-state index in [2.05, 4.69) is 26.3 Å². The molecule has 1 heterocycles. The van der Waals surface area contributed by atoms with E-state index in [9.17, 15) is 0 Å². The maximum absolute atomic E-state index is 5.76. The molecule has 0 atom stereocenters. The molecule has 0 fully saturated rings. The van der Waals surface area contributed by atoms with Gasteiger partial charge < -0.3 is 10.2 Å². The Morgan fingerprint density at radius 1 is 1.26 bits per heavy atom. The molecule has 1 aromatic carbocycles. The van der Waals surface area contributed by atoms with Gasteiger partial charge in [0.05, 0.1) is 11.4 Å². The number of benzene rings is 1. The monoisotopic (exact) mass is 321 g/mol. The summed E-state index contributed by atoms with van der Waals surface area (Å²) in [6.45, 7) is 4.50. The maximum Gasteiger partial charge on any atom is 0.130 e. The van der Waals surface area contributed by atoms with Crippen molar-refractivity contribution in [3.8, 4) is 5.75 Å². The number of pyridine rings is 1. The standard InChI is InChI=1S/C14H16BrN3O/c1-9-5-13(6-10(2)14(9)15)19-8-12-7-11(18-16)3-4-17-12/h3-7H,8,16H2,1-2H3,(H,17,18). The van der Waals surface area contributed by atoms with Gasteiger partial charge in [-0.15, -0.1) is 0 Å². The Hall–Kier alpha value is -1.59. The Labute approximate surface area is 121 Å². The van der Waals surface area contributed by atoms with Crippen molar-refractivity contribution in [1.82, 2.24) is 4.98 Å². The van der Waals surface area contributed by atoms with Crippen LogP contribution in [-0.4, -0.2) is 4.98 Å². The van der Waals surface area contributed by atoms with E-state index in [-0.39, 0.29) is 0 Å². The van der Waals surface area contributed by atoms with Crippen molar-refractivity contribution in [2.45, 2.75) is 20.5 Å². The van der Waals surface area contributed by atoms with E-state index in [1.54, 1.807) is 12.3 Å². The molecule has 5 heteroatoms. The Bertz CT molecular complexity index is 564. The van der Waals surface area contributed by atoms with Gasteiger partial charge in [-0.2, -0.15) is 0 Å². The first-order valence-electron chi connectivity index (χ1n) is 5.91. The van der Waals surface area contributed by atoms with Crippen molar-refractivity contribution in [2.24, 2.45) is 5.84 Å². The zero-order chi connectivity index (χ0) is 13.8. The Morgan fingerprint density at radius 3 is 2.58 bits per heavy atom. The minimum absolute atomic E-state index is 0.413. The molecule has 0 saturated heterocycles. The van der Waals surface area contributed by atoms with Crippen LogP contribution in [0, 0.1) is 13.8 Å². The third-order valence-electron chi connectivity index (χ3n) is 2.78. The molecule has 0 bridgehead atoms. The lowest BCUT2D eigenvalue weighted by Gasteiger charge is -2.10. The minimum Gasteiger partial charge on any atom is -0.487 e. The van der Waals surface area contributed by atoms with E-state index < -0.39 is 0 Å². The Balaban J connectivity index is 2.10. The minimum atomic E-state index is 0.413. The molecule has 0 spiro atoms. The summed E-state index contributed by atoms with van der Waals surface area (Å²) in [6.07, 6.45) is 1.70. The van der Waals surface area contributed by atoms with E-state index in [4.69, 9.17) is 10.6 Å². The smallest absolute Gasteiger partial charge is 0.130 e. The van der Waals surface area contributed by atoms with Gasteiger partial charge in [-0.1, -0.05) is 15.9 Å². The first kappa shape index (κ1) is 13.8. The summed E-state index contributed by atoms with van der Waals surface area (Å²) in [5, 5.41) is 0. The van der Waals surface area contributed by atoms with Crippen molar-refractivity contribution in [1.29, 1.82) is 0 Å². The number of hydrogen-bond acceptors (Lipinski definition) is 4. The lowest BCUT2D eigenvalue weighted by molar-refractivity contribution is 0.301. The molecule has 0 amide bonds. The summed E-state index contributed by atoms with van der Waals surface area (Å²) in [7, 11) is 0. The lowest BCUT2D eigenvalue weighted by atomic mass is 10.1. The van der Waals surface area contributed by atoms with Crippen LogP contribution in [0.3, 0.4) is 0 Å². The fraction of sp³-hybridized carbons (Fsp3) is 0.214. The molecule has 0 unspecified atom stereocenters. The van der Waals surface area contributed by atoms with Crippen molar-refractivity contribution < 1.29 is 4.74 Å². The van der Waals surface area contributed by atoms with Gasteiger partial charge in [-0.3, -0.25) is 10.8 Å². The van der Waals surface area contributed by atoms with E-state index in [0.717, 1.165) is 32.7 Å². The molecule has 2 aromatic rings. The summed E-state index contributed by atoms with van der Waals surface area (Å²) in [5.74, 6) is 6.20. The molecule has 0 saturated carbocycles. The van der Waals surface area contributed by atoms with Gasteiger partial charge in [0.1, 0.15) is 12.4 Å². The second kappa shape index (κ2) is 6.04. The van der Waals surface area contributed by atoms with Crippen molar-refractivity contribution in [3.05, 3.63) is 51.8 Å². The van der Waals surface area contributed by atoms with E-state index >= 15 is 0 Å². The van der Waals surface area contributed by atoms with Crippen LogP contribution in [0.4, 0.5) is 5.69 Å². The molecule has 0 radical (unpaired) electrons. The normalized spacial score (nSPS) is 10.3. The van der Waals surface area contributed by atoms with Crippen LogP contribution in [0.1, 0.15) is 16.8 Å². The number of aryl methyl sites for hydroxylation is 2. The third-order valence-corrected chi connectivity index (χ3v) is 4.03. The number of nitrogens with two attached hydrogens (primary N) is 1. The van der Waals surface area contributed by atoms with Crippen LogP contribution in [0.15, 0.2) is 34.9 Å². The highest BCUT2D eigenvalue weighted by atomic mass is 79.9. The van der Waals surface area contributed by atoms with Gasteiger partial charge in [-0.05, 0) is 49.2 Å². The largest absolute Gasteiger partial charge is 0.487 e. The summed E-state index contributed by atoms with van der Waals surface area (Å²) in [6, 6.07) is 7.67. The predicted molar refractivity (Wildman–Crippen MR) is 80.0 cm³/mol. The number of hydrogen-bond donors (Lipinski definition) is 2. The van der Waals surface area contributed by atoms with Gasteiger partial charge in [0.25, 0.3) is 0 Å². The third kappa shape index (κ3) is 3.45. The number of rotatable bonds is 4. The van der Waals surface area contributed by atoms with E-state index in [1.165, 1.54) is 0 Å². The van der Waals surface area contributed by atoms with Crippen molar-refractivity contribution in [3.63, 3.8) is 0 Å². The molecule has 0 aliphatic heterocycles. The van der Waals surface area contributed by atoms with Gasteiger partial charge in [0, 0.05) is 10.7 Å². The van der Waals surface area contributed by atoms with Crippen LogP contribution < -0.4 is 16.0 Å². The number of ether oxygens (including phenoxy) is 1. The number of nitrogens with one attached hydrogen (secondary N) is 1. The molecule has 4 nitrogen and oxygen atoms in total. The summed E-state index contributed by atoms with van der Waals surface area (Å²) >= 11 is 3.54. The molecule has 2 rings (SSSR count). The predicted octanol–water partition coefficient (Wildman–Crippen LogP) is 3.33. The fourth-order valence-electron chi connectivity index (χ4n) is 1.79. The van der Waals surface area contributed by atoms with Gasteiger partial charge in [-0.25, -0.2) is 0 Å². The molecule has 1 aromatic heterocycles. The molecular formula is C14H16BrN3O. The number of nitrogen functional groups attached to an aromatic ring is 1. The number of hydrazine groups is 1. The van der Waals surface area contributed by atoms with Crippen LogP contribution in [-0.2, 0) is 6.61 Å². The van der Waals surface area contributed by atoms with Crippen LogP contribution in [0.25, 0.3) is 0 Å². The number of nitrogens with zero attached hydrogens (tertiary/aromatic N) is 1. The molecule has 100 valence electrons. The van der Waals surface area contributed by atoms with Crippen molar-refractivity contribution >= 4 is 21.6 Å². The summed E-state index contributed by atoms with van der Waals surface area (Å²) in [5.41, 5.74) is 6.54. The van der Waals surface area contributed by atoms with Crippen molar-refractivity contribution in [2.75, 3.05) is 5.43 Å². The van der Waals surface area contributed by atoms with Crippen LogP contribution >= 0.6 is 15.9 Å². The molecular weight excluding hydrogens is 306 g/mol. The maximum atomic E-state index is 5.76. The first-order chi connectivity index (χ1) is 9.10. The van der Waals surface area contributed by atoms with E-state index in [1.807, 2.05) is 32.0 Å². The van der Waals surface area contributed by atoms with Gasteiger partial charge >= 0.3 is 0 Å². The van der Waals surface area contributed by atoms with Gasteiger partial charge in [0.15, 0.2) is 0 Å². The number of halogens is 1. The zero-order valence-electron chi connectivity index (χ0n) is 10.9. The quantitative estimate of drug-likeness (QED) is 0.670. The molecule has 19 heavy (non-hydrogen) atoms. The zero-order valence-corrected chi connectivity index (χ0v) is 12.5. The highest BCUT2D eigenvalue weighted by Gasteiger charge is 2.04.